The van der Waals surface area contributed by atoms with Crippen LogP contribution in [0.5, 0.6) is 5.75 Å². The highest BCUT2D eigenvalue weighted by Gasteiger charge is 2.06. The van der Waals surface area contributed by atoms with E-state index in [2.05, 4.69) is 27.5 Å². The van der Waals surface area contributed by atoms with E-state index in [1.54, 1.807) is 30.5 Å². The van der Waals surface area contributed by atoms with Crippen molar-refractivity contribution >= 4 is 17.3 Å². The summed E-state index contributed by atoms with van der Waals surface area (Å²) in [7, 11) is 1.73. The molecule has 0 amide bonds. The number of hydrogen-bond acceptors (Lipinski definition) is 4. The van der Waals surface area contributed by atoms with Crippen molar-refractivity contribution in [1.82, 2.24) is 15.6 Å². The summed E-state index contributed by atoms with van der Waals surface area (Å²) in [6.07, 6.45) is 2.68. The second-order valence-corrected chi connectivity index (χ2v) is 6.70. The number of hydrogen-bond donors (Lipinski definition) is 2. The van der Waals surface area contributed by atoms with Crippen LogP contribution in [-0.4, -0.2) is 37.2 Å². The largest absolute Gasteiger partial charge is 0.489 e. The summed E-state index contributed by atoms with van der Waals surface area (Å²) in [5.41, 5.74) is 0. The quantitative estimate of drug-likeness (QED) is 0.595. The molecule has 2 aromatic rings. The van der Waals surface area contributed by atoms with Gasteiger partial charge in [-0.3, -0.25) is 4.99 Å². The molecule has 0 saturated carbocycles. The maximum atomic E-state index is 12.9. The molecule has 2 N–H and O–H groups in total. The molecule has 130 valence electrons. The van der Waals surface area contributed by atoms with E-state index < -0.39 is 0 Å². The number of nitrogens with one attached hydrogen (secondary N) is 2. The molecule has 1 aromatic heterocycles. The Morgan fingerprint density at radius 3 is 2.71 bits per heavy atom. The van der Waals surface area contributed by atoms with Gasteiger partial charge in [-0.25, -0.2) is 9.37 Å². The Kier molecular flexibility index (Phi) is 6.99. The van der Waals surface area contributed by atoms with Crippen molar-refractivity contribution in [1.29, 1.82) is 0 Å². The van der Waals surface area contributed by atoms with Gasteiger partial charge in [0.15, 0.2) is 5.96 Å². The summed E-state index contributed by atoms with van der Waals surface area (Å²) in [6.45, 7) is 5.35. The maximum Gasteiger partial charge on any atom is 0.191 e. The van der Waals surface area contributed by atoms with Crippen molar-refractivity contribution in [2.75, 3.05) is 20.1 Å². The lowest BCUT2D eigenvalue weighted by Crippen LogP contribution is -2.42. The third-order valence-corrected chi connectivity index (χ3v) is 4.20. The van der Waals surface area contributed by atoms with Crippen LogP contribution < -0.4 is 15.4 Å². The summed E-state index contributed by atoms with van der Waals surface area (Å²) in [5, 5.41) is 7.58. The number of aryl methyl sites for hydroxylation is 1. The first-order valence-corrected chi connectivity index (χ1v) is 8.66. The lowest BCUT2D eigenvalue weighted by atomic mass is 10.3. The number of halogens is 1. The SMILES string of the molecule is CN=C(NCCc1ncc(C)s1)NCC(C)Oc1ccc(F)cc1. The van der Waals surface area contributed by atoms with Crippen LogP contribution >= 0.6 is 11.3 Å². The Hall–Kier alpha value is -2.15. The van der Waals surface area contributed by atoms with Gasteiger partial charge < -0.3 is 15.4 Å². The van der Waals surface area contributed by atoms with Gasteiger partial charge in [-0.2, -0.15) is 0 Å². The molecule has 0 aliphatic carbocycles. The zero-order valence-corrected chi connectivity index (χ0v) is 15.0. The van der Waals surface area contributed by atoms with Gasteiger partial charge >= 0.3 is 0 Å². The standard InChI is InChI=1S/C17H23FN4OS/c1-12(23-15-6-4-14(18)5-7-15)10-22-17(19-3)20-9-8-16-21-11-13(2)24-16/h4-7,11-12H,8-10H2,1-3H3,(H2,19,20,22). The number of guanidine groups is 1. The number of benzene rings is 1. The van der Waals surface area contributed by atoms with Crippen molar-refractivity contribution in [3.05, 3.63) is 46.2 Å². The highest BCUT2D eigenvalue weighted by Crippen LogP contribution is 2.13. The van der Waals surface area contributed by atoms with Crippen LogP contribution in [0.2, 0.25) is 0 Å². The van der Waals surface area contributed by atoms with Gasteiger partial charge in [0.25, 0.3) is 0 Å². The second-order valence-electron chi connectivity index (χ2n) is 5.38. The third-order valence-electron chi connectivity index (χ3n) is 3.23. The van der Waals surface area contributed by atoms with Crippen LogP contribution in [0.3, 0.4) is 0 Å². The van der Waals surface area contributed by atoms with Crippen LogP contribution in [0, 0.1) is 12.7 Å². The fraction of sp³-hybridized carbons (Fsp3) is 0.412. The van der Waals surface area contributed by atoms with Crippen LogP contribution in [0.15, 0.2) is 35.5 Å². The van der Waals surface area contributed by atoms with Crippen molar-refractivity contribution in [3.63, 3.8) is 0 Å². The average Bonchev–Trinajstić information content (AvgIpc) is 2.98. The monoisotopic (exact) mass is 350 g/mol. The normalized spacial score (nSPS) is 12.8. The van der Waals surface area contributed by atoms with Crippen LogP contribution in [0.1, 0.15) is 16.8 Å². The molecule has 0 radical (unpaired) electrons. The molecule has 7 heteroatoms. The zero-order valence-electron chi connectivity index (χ0n) is 14.2. The molecule has 0 fully saturated rings. The molecule has 1 heterocycles. The van der Waals surface area contributed by atoms with Gasteiger partial charge in [0.05, 0.1) is 11.6 Å². The number of aliphatic imine (C=N–C) groups is 1. The highest BCUT2D eigenvalue weighted by atomic mass is 32.1. The summed E-state index contributed by atoms with van der Waals surface area (Å²) in [6, 6.07) is 6.01. The topological polar surface area (TPSA) is 58.5 Å². The first kappa shape index (κ1) is 18.2. The first-order chi connectivity index (χ1) is 11.6. The molecule has 1 atom stereocenters. The highest BCUT2D eigenvalue weighted by molar-refractivity contribution is 7.11. The second kappa shape index (κ2) is 9.22. The van der Waals surface area contributed by atoms with Crippen molar-refractivity contribution in [3.8, 4) is 5.75 Å². The minimum atomic E-state index is -0.270. The van der Waals surface area contributed by atoms with E-state index in [4.69, 9.17) is 4.74 Å². The Balaban J connectivity index is 1.69. The molecular weight excluding hydrogens is 327 g/mol. The number of thiazole rings is 1. The summed E-state index contributed by atoms with van der Waals surface area (Å²) in [5.74, 6) is 1.10. The molecule has 0 saturated heterocycles. The predicted octanol–water partition coefficient (Wildman–Crippen LogP) is 2.77. The molecule has 1 unspecified atom stereocenters. The Bertz CT molecular complexity index is 657. The fourth-order valence-corrected chi connectivity index (χ4v) is 2.84. The minimum absolute atomic E-state index is 0.0735. The van der Waals surface area contributed by atoms with Gasteiger partial charge in [-0.05, 0) is 38.1 Å². The van der Waals surface area contributed by atoms with Gasteiger partial charge in [0.1, 0.15) is 17.7 Å². The first-order valence-electron chi connectivity index (χ1n) is 7.85. The predicted molar refractivity (Wildman–Crippen MR) is 96.4 cm³/mol. The molecule has 0 aliphatic heterocycles. The lowest BCUT2D eigenvalue weighted by molar-refractivity contribution is 0.223. The smallest absolute Gasteiger partial charge is 0.191 e. The van der Waals surface area contributed by atoms with Gasteiger partial charge in [0.2, 0.25) is 0 Å². The molecule has 24 heavy (non-hydrogen) atoms. The molecule has 5 nitrogen and oxygen atoms in total. The van der Waals surface area contributed by atoms with E-state index in [-0.39, 0.29) is 11.9 Å². The van der Waals surface area contributed by atoms with Crippen molar-refractivity contribution in [2.45, 2.75) is 26.4 Å². The van der Waals surface area contributed by atoms with Crippen molar-refractivity contribution < 1.29 is 9.13 Å². The van der Waals surface area contributed by atoms with E-state index in [1.165, 1.54) is 17.0 Å². The van der Waals surface area contributed by atoms with Gasteiger partial charge in [-0.1, -0.05) is 0 Å². The molecule has 1 aromatic carbocycles. The molecule has 0 spiro atoms. The van der Waals surface area contributed by atoms with E-state index >= 15 is 0 Å². The molecule has 0 aliphatic rings. The third kappa shape index (κ3) is 6.16. The summed E-state index contributed by atoms with van der Waals surface area (Å²) < 4.78 is 18.6. The molecule has 2 rings (SSSR count). The number of aromatic nitrogens is 1. The summed E-state index contributed by atoms with van der Waals surface area (Å²) in [4.78, 5) is 9.75. The van der Waals surface area contributed by atoms with E-state index in [0.717, 1.165) is 23.9 Å². The minimum Gasteiger partial charge on any atom is -0.489 e. The van der Waals surface area contributed by atoms with Gasteiger partial charge in [-0.15, -0.1) is 11.3 Å². The lowest BCUT2D eigenvalue weighted by Gasteiger charge is -2.17. The van der Waals surface area contributed by atoms with E-state index in [9.17, 15) is 4.39 Å². The van der Waals surface area contributed by atoms with Crippen LogP contribution in [0.25, 0.3) is 0 Å². The van der Waals surface area contributed by atoms with Gasteiger partial charge in [0, 0.05) is 31.1 Å². The summed E-state index contributed by atoms with van der Waals surface area (Å²) >= 11 is 1.71. The number of nitrogens with zero attached hydrogens (tertiary/aromatic N) is 2. The number of ether oxygens (including phenoxy) is 1. The fourth-order valence-electron chi connectivity index (χ4n) is 2.05. The Morgan fingerprint density at radius 1 is 1.33 bits per heavy atom. The van der Waals surface area contributed by atoms with E-state index in [0.29, 0.717) is 12.3 Å². The zero-order chi connectivity index (χ0) is 17.4. The average molecular weight is 350 g/mol. The maximum absolute atomic E-state index is 12.9. The van der Waals surface area contributed by atoms with Crippen molar-refractivity contribution in [2.24, 2.45) is 4.99 Å². The number of rotatable bonds is 7. The van der Waals surface area contributed by atoms with E-state index in [1.807, 2.05) is 13.1 Å². The van der Waals surface area contributed by atoms with Crippen LogP contribution in [0.4, 0.5) is 4.39 Å². The Labute approximate surface area is 146 Å². The molecular formula is C17H23FN4OS. The van der Waals surface area contributed by atoms with Crippen LogP contribution in [-0.2, 0) is 6.42 Å². The Morgan fingerprint density at radius 2 is 2.08 bits per heavy atom. The molecule has 0 bridgehead atoms.